The molecule has 2 atom stereocenters. The summed E-state index contributed by atoms with van der Waals surface area (Å²) in [5.74, 6) is 1.32. The van der Waals surface area contributed by atoms with Gasteiger partial charge in [-0.1, -0.05) is 0 Å². The summed E-state index contributed by atoms with van der Waals surface area (Å²) in [7, 11) is 0. The number of hydrogen-bond acceptors (Lipinski definition) is 3. The number of aliphatic hydroxyl groups excluding tert-OH is 1. The minimum atomic E-state index is -0.454. The minimum Gasteiger partial charge on any atom is -0.366 e. The molecule has 2 rings (SSSR count). The number of epoxide rings is 1. The Kier molecular flexibility index (Phi) is 2.35. The van der Waals surface area contributed by atoms with Gasteiger partial charge in [0.2, 0.25) is 0 Å². The quantitative estimate of drug-likeness (QED) is 0.594. The van der Waals surface area contributed by atoms with Crippen molar-refractivity contribution in [3.63, 3.8) is 0 Å². The van der Waals surface area contributed by atoms with Crippen LogP contribution < -0.4 is 5.73 Å². The van der Waals surface area contributed by atoms with Crippen molar-refractivity contribution in [3.05, 3.63) is 0 Å². The zero-order valence-corrected chi connectivity index (χ0v) is 7.28. The SMILES string of the molecule is NCC1CCC(C2OC2O)CC1. The Morgan fingerprint density at radius 3 is 2.25 bits per heavy atom. The predicted octanol–water partition coefficient (Wildman–Crippen LogP) is 0.469. The number of aliphatic hydroxyl groups is 1. The lowest BCUT2D eigenvalue weighted by Gasteiger charge is -2.26. The highest BCUT2D eigenvalue weighted by atomic mass is 16.7. The molecule has 0 spiro atoms. The van der Waals surface area contributed by atoms with E-state index in [2.05, 4.69) is 0 Å². The zero-order chi connectivity index (χ0) is 8.55. The van der Waals surface area contributed by atoms with Gasteiger partial charge in [-0.3, -0.25) is 0 Å². The molecule has 2 fully saturated rings. The van der Waals surface area contributed by atoms with E-state index in [9.17, 15) is 0 Å². The number of nitrogens with two attached hydrogens (primary N) is 1. The minimum absolute atomic E-state index is 0.156. The molecule has 1 aliphatic carbocycles. The fraction of sp³-hybridized carbons (Fsp3) is 1.00. The van der Waals surface area contributed by atoms with Crippen molar-refractivity contribution >= 4 is 0 Å². The molecule has 3 nitrogen and oxygen atoms in total. The van der Waals surface area contributed by atoms with Crippen molar-refractivity contribution in [2.75, 3.05) is 6.54 Å². The molecule has 0 aromatic rings. The summed E-state index contributed by atoms with van der Waals surface area (Å²) in [6.45, 7) is 0.820. The molecule has 0 bridgehead atoms. The molecule has 1 aliphatic heterocycles. The molecule has 0 aromatic carbocycles. The van der Waals surface area contributed by atoms with Crippen LogP contribution in [0.1, 0.15) is 25.7 Å². The van der Waals surface area contributed by atoms with E-state index in [0.717, 1.165) is 12.5 Å². The summed E-state index contributed by atoms with van der Waals surface area (Å²) < 4.78 is 5.05. The van der Waals surface area contributed by atoms with Crippen LogP contribution in [-0.4, -0.2) is 24.0 Å². The van der Waals surface area contributed by atoms with Crippen LogP contribution in [0.5, 0.6) is 0 Å². The summed E-state index contributed by atoms with van der Waals surface area (Å²) >= 11 is 0. The van der Waals surface area contributed by atoms with Gasteiger partial charge in [-0.2, -0.15) is 0 Å². The summed E-state index contributed by atoms with van der Waals surface area (Å²) in [6.07, 6.45) is 4.50. The van der Waals surface area contributed by atoms with Crippen LogP contribution in [0, 0.1) is 11.8 Å². The third kappa shape index (κ3) is 1.63. The van der Waals surface area contributed by atoms with Crippen LogP contribution in [0.15, 0.2) is 0 Å². The average molecular weight is 171 g/mol. The van der Waals surface area contributed by atoms with Crippen LogP contribution in [0.4, 0.5) is 0 Å². The highest BCUT2D eigenvalue weighted by Gasteiger charge is 2.44. The Morgan fingerprint density at radius 2 is 1.83 bits per heavy atom. The number of ether oxygens (including phenoxy) is 1. The van der Waals surface area contributed by atoms with Crippen molar-refractivity contribution in [2.45, 2.75) is 38.1 Å². The lowest BCUT2D eigenvalue weighted by atomic mass is 9.80. The van der Waals surface area contributed by atoms with Crippen LogP contribution in [0.2, 0.25) is 0 Å². The normalized spacial score (nSPS) is 47.5. The fourth-order valence-electron chi connectivity index (χ4n) is 2.21. The van der Waals surface area contributed by atoms with E-state index < -0.39 is 6.29 Å². The van der Waals surface area contributed by atoms with Crippen LogP contribution in [-0.2, 0) is 4.74 Å². The zero-order valence-electron chi connectivity index (χ0n) is 7.28. The van der Waals surface area contributed by atoms with Crippen LogP contribution in [0.3, 0.4) is 0 Å². The molecule has 3 N–H and O–H groups in total. The second-order valence-electron chi connectivity index (χ2n) is 4.01. The molecular weight excluding hydrogens is 154 g/mol. The maximum Gasteiger partial charge on any atom is 0.182 e. The van der Waals surface area contributed by atoms with Crippen molar-refractivity contribution in [1.29, 1.82) is 0 Å². The van der Waals surface area contributed by atoms with E-state index in [0.29, 0.717) is 5.92 Å². The van der Waals surface area contributed by atoms with Gasteiger partial charge in [0.25, 0.3) is 0 Å². The monoisotopic (exact) mass is 171 g/mol. The summed E-state index contributed by atoms with van der Waals surface area (Å²) in [4.78, 5) is 0. The molecule has 3 heteroatoms. The molecule has 1 saturated carbocycles. The van der Waals surface area contributed by atoms with E-state index in [1.165, 1.54) is 25.7 Å². The highest BCUT2D eigenvalue weighted by Crippen LogP contribution is 2.38. The Balaban J connectivity index is 1.75. The van der Waals surface area contributed by atoms with E-state index >= 15 is 0 Å². The van der Waals surface area contributed by atoms with Gasteiger partial charge in [-0.15, -0.1) is 0 Å². The fourth-order valence-corrected chi connectivity index (χ4v) is 2.21. The molecule has 0 amide bonds. The third-order valence-corrected chi connectivity index (χ3v) is 3.19. The smallest absolute Gasteiger partial charge is 0.182 e. The molecular formula is C9H17NO2. The lowest BCUT2D eigenvalue weighted by Crippen LogP contribution is -2.24. The molecule has 1 heterocycles. The molecule has 0 radical (unpaired) electrons. The maximum absolute atomic E-state index is 9.05. The third-order valence-electron chi connectivity index (χ3n) is 3.19. The average Bonchev–Trinajstić information content (AvgIpc) is 2.83. The highest BCUT2D eigenvalue weighted by molar-refractivity contribution is 4.86. The number of rotatable bonds is 2. The summed E-state index contributed by atoms with van der Waals surface area (Å²) in [5.41, 5.74) is 5.59. The summed E-state index contributed by atoms with van der Waals surface area (Å²) in [6, 6.07) is 0. The van der Waals surface area contributed by atoms with Gasteiger partial charge in [-0.05, 0) is 44.1 Å². The van der Waals surface area contributed by atoms with E-state index in [4.69, 9.17) is 15.6 Å². The first-order valence-corrected chi connectivity index (χ1v) is 4.85. The van der Waals surface area contributed by atoms with Crippen molar-refractivity contribution in [2.24, 2.45) is 17.6 Å². The van der Waals surface area contributed by atoms with Gasteiger partial charge < -0.3 is 15.6 Å². The Bertz CT molecular complexity index is 155. The standard InChI is InChI=1S/C9H17NO2/c10-5-6-1-3-7(4-2-6)8-9(11)12-8/h6-9,11H,1-5,10H2. The van der Waals surface area contributed by atoms with Gasteiger partial charge in [0.05, 0.1) is 0 Å². The molecule has 0 aromatic heterocycles. The largest absolute Gasteiger partial charge is 0.366 e. The first kappa shape index (κ1) is 8.48. The van der Waals surface area contributed by atoms with Gasteiger partial charge in [0, 0.05) is 0 Å². The van der Waals surface area contributed by atoms with E-state index in [1.807, 2.05) is 0 Å². The van der Waals surface area contributed by atoms with Crippen LogP contribution >= 0.6 is 0 Å². The summed E-state index contributed by atoms with van der Waals surface area (Å²) in [5, 5.41) is 9.05. The molecule has 1 saturated heterocycles. The predicted molar refractivity (Wildman–Crippen MR) is 45.4 cm³/mol. The van der Waals surface area contributed by atoms with Gasteiger partial charge in [0.15, 0.2) is 6.29 Å². The molecule has 70 valence electrons. The maximum atomic E-state index is 9.05. The second-order valence-corrected chi connectivity index (χ2v) is 4.01. The van der Waals surface area contributed by atoms with Crippen molar-refractivity contribution in [1.82, 2.24) is 0 Å². The Morgan fingerprint density at radius 1 is 1.25 bits per heavy atom. The topological polar surface area (TPSA) is 58.8 Å². The first-order valence-electron chi connectivity index (χ1n) is 4.85. The Labute approximate surface area is 72.9 Å². The molecule has 2 aliphatic rings. The van der Waals surface area contributed by atoms with Gasteiger partial charge in [0.1, 0.15) is 6.10 Å². The van der Waals surface area contributed by atoms with Crippen molar-refractivity contribution in [3.8, 4) is 0 Å². The van der Waals surface area contributed by atoms with Crippen molar-refractivity contribution < 1.29 is 9.84 Å². The first-order chi connectivity index (χ1) is 5.81. The molecule has 2 unspecified atom stereocenters. The van der Waals surface area contributed by atoms with Gasteiger partial charge >= 0.3 is 0 Å². The Hall–Kier alpha value is -0.120. The molecule has 12 heavy (non-hydrogen) atoms. The van der Waals surface area contributed by atoms with Crippen LogP contribution in [0.25, 0.3) is 0 Å². The van der Waals surface area contributed by atoms with Gasteiger partial charge in [-0.25, -0.2) is 0 Å². The second kappa shape index (κ2) is 3.32. The van der Waals surface area contributed by atoms with E-state index in [-0.39, 0.29) is 6.10 Å². The lowest BCUT2D eigenvalue weighted by molar-refractivity contribution is 0.154. The van der Waals surface area contributed by atoms with E-state index in [1.54, 1.807) is 0 Å². The number of hydrogen-bond donors (Lipinski definition) is 2.